The topological polar surface area (TPSA) is 95.6 Å². The molecule has 160 valence electrons. The van der Waals surface area contributed by atoms with Gasteiger partial charge in [0.15, 0.2) is 0 Å². The summed E-state index contributed by atoms with van der Waals surface area (Å²) < 4.78 is 27.7. The molecule has 1 atom stereocenters. The first-order valence-corrected chi connectivity index (χ1v) is 11.5. The van der Waals surface area contributed by atoms with Gasteiger partial charge in [0, 0.05) is 37.3 Å². The second-order valence-electron chi connectivity index (χ2n) is 7.48. The summed E-state index contributed by atoms with van der Waals surface area (Å²) in [5.74, 6) is -0.323. The molecule has 1 aliphatic heterocycles. The number of fused-ring (bicyclic) bond motifs is 1. The standard InChI is InChI=1S/C22H27N3O4S/c1-4-17-6-5-7-19(13-17)24-22(27)10-11-23-30(28,29)20-8-9-21-18(14-20)12-15(2)25(21)16(3)26/h5-9,13-15,23H,4,10-12H2,1-3H3,(H,24,27)/t15-/m1/s1. The van der Waals surface area contributed by atoms with Crippen molar-refractivity contribution in [3.05, 3.63) is 53.6 Å². The number of sulfonamides is 1. The zero-order valence-electron chi connectivity index (χ0n) is 17.4. The van der Waals surface area contributed by atoms with Crippen LogP contribution in [0.3, 0.4) is 0 Å². The number of anilines is 2. The molecule has 0 saturated heterocycles. The molecule has 0 unspecified atom stereocenters. The third-order valence-electron chi connectivity index (χ3n) is 5.18. The van der Waals surface area contributed by atoms with Crippen molar-refractivity contribution >= 4 is 33.2 Å². The number of benzene rings is 2. The molecule has 2 aromatic rings. The number of aryl methyl sites for hydroxylation is 1. The van der Waals surface area contributed by atoms with Crippen molar-refractivity contribution in [1.29, 1.82) is 0 Å². The van der Waals surface area contributed by atoms with Crippen LogP contribution in [0.15, 0.2) is 47.4 Å². The maximum Gasteiger partial charge on any atom is 0.240 e. The number of carbonyl (C=O) groups is 2. The molecule has 0 aromatic heterocycles. The van der Waals surface area contributed by atoms with Gasteiger partial charge in [0.05, 0.1) is 4.90 Å². The van der Waals surface area contributed by atoms with E-state index in [2.05, 4.69) is 10.0 Å². The van der Waals surface area contributed by atoms with Crippen LogP contribution in [0.25, 0.3) is 0 Å². The lowest BCUT2D eigenvalue weighted by Crippen LogP contribution is -2.33. The zero-order chi connectivity index (χ0) is 21.9. The Hall–Kier alpha value is -2.71. The number of carbonyl (C=O) groups excluding carboxylic acids is 2. The molecule has 1 aliphatic rings. The van der Waals surface area contributed by atoms with Crippen LogP contribution in [0.4, 0.5) is 11.4 Å². The Morgan fingerprint density at radius 1 is 1.17 bits per heavy atom. The third kappa shape index (κ3) is 4.88. The summed E-state index contributed by atoms with van der Waals surface area (Å²) in [7, 11) is -3.75. The Balaban J connectivity index is 1.60. The number of rotatable bonds is 7. The summed E-state index contributed by atoms with van der Waals surface area (Å²) in [5, 5.41) is 2.79. The number of amides is 2. The van der Waals surface area contributed by atoms with E-state index in [1.165, 1.54) is 13.0 Å². The van der Waals surface area contributed by atoms with E-state index in [9.17, 15) is 18.0 Å². The fraction of sp³-hybridized carbons (Fsp3) is 0.364. The number of nitrogens with one attached hydrogen (secondary N) is 2. The van der Waals surface area contributed by atoms with Crippen LogP contribution in [-0.2, 0) is 32.5 Å². The van der Waals surface area contributed by atoms with Crippen LogP contribution in [0.2, 0.25) is 0 Å². The van der Waals surface area contributed by atoms with E-state index < -0.39 is 10.0 Å². The van der Waals surface area contributed by atoms with E-state index in [0.717, 1.165) is 23.2 Å². The summed E-state index contributed by atoms with van der Waals surface area (Å²) in [5.41, 5.74) is 3.39. The molecule has 7 nitrogen and oxygen atoms in total. The zero-order valence-corrected chi connectivity index (χ0v) is 18.3. The van der Waals surface area contributed by atoms with Crippen LogP contribution in [-0.4, -0.2) is 32.8 Å². The number of nitrogens with zero attached hydrogens (tertiary/aromatic N) is 1. The lowest BCUT2D eigenvalue weighted by molar-refractivity contribution is -0.117. The van der Waals surface area contributed by atoms with Crippen molar-refractivity contribution in [2.24, 2.45) is 0 Å². The van der Waals surface area contributed by atoms with E-state index in [4.69, 9.17) is 0 Å². The van der Waals surface area contributed by atoms with Gasteiger partial charge in [-0.3, -0.25) is 9.59 Å². The van der Waals surface area contributed by atoms with Crippen LogP contribution >= 0.6 is 0 Å². The van der Waals surface area contributed by atoms with Gasteiger partial charge >= 0.3 is 0 Å². The van der Waals surface area contributed by atoms with Crippen molar-refractivity contribution in [3.63, 3.8) is 0 Å². The van der Waals surface area contributed by atoms with Gasteiger partial charge in [-0.1, -0.05) is 19.1 Å². The van der Waals surface area contributed by atoms with Crippen LogP contribution in [0.5, 0.6) is 0 Å². The van der Waals surface area contributed by atoms with Crippen LogP contribution < -0.4 is 14.9 Å². The Morgan fingerprint density at radius 3 is 2.63 bits per heavy atom. The molecule has 2 aromatic carbocycles. The number of hydrogen-bond donors (Lipinski definition) is 2. The maximum atomic E-state index is 12.6. The molecular formula is C22H27N3O4S. The molecule has 0 aliphatic carbocycles. The minimum absolute atomic E-state index is 0.00156. The van der Waals surface area contributed by atoms with E-state index in [1.807, 2.05) is 32.0 Å². The minimum atomic E-state index is -3.75. The lowest BCUT2D eigenvalue weighted by atomic mass is 10.1. The lowest BCUT2D eigenvalue weighted by Gasteiger charge is -2.20. The van der Waals surface area contributed by atoms with Gasteiger partial charge in [-0.15, -0.1) is 0 Å². The highest BCUT2D eigenvalue weighted by molar-refractivity contribution is 7.89. The first kappa shape index (κ1) is 22.0. The third-order valence-corrected chi connectivity index (χ3v) is 6.64. The summed E-state index contributed by atoms with van der Waals surface area (Å²) in [6, 6.07) is 12.3. The van der Waals surface area contributed by atoms with Crippen molar-refractivity contribution in [2.45, 2.75) is 51.0 Å². The van der Waals surface area contributed by atoms with Crippen LogP contribution in [0, 0.1) is 0 Å². The second kappa shape index (κ2) is 8.97. The van der Waals surface area contributed by atoms with Gasteiger partial charge in [0.2, 0.25) is 21.8 Å². The quantitative estimate of drug-likeness (QED) is 0.707. The predicted molar refractivity (Wildman–Crippen MR) is 117 cm³/mol. The summed E-state index contributed by atoms with van der Waals surface area (Å²) in [6.07, 6.45) is 1.50. The van der Waals surface area contributed by atoms with Gasteiger partial charge < -0.3 is 10.2 Å². The minimum Gasteiger partial charge on any atom is -0.326 e. The monoisotopic (exact) mass is 429 g/mol. The highest BCUT2D eigenvalue weighted by Gasteiger charge is 2.30. The van der Waals surface area contributed by atoms with Crippen molar-refractivity contribution in [1.82, 2.24) is 4.72 Å². The molecule has 8 heteroatoms. The molecule has 2 amide bonds. The van der Waals surface area contributed by atoms with Gasteiger partial charge in [-0.25, -0.2) is 13.1 Å². The molecule has 1 heterocycles. The summed E-state index contributed by atoms with van der Waals surface area (Å²) in [4.78, 5) is 25.8. The molecule has 0 saturated carbocycles. The van der Waals surface area contributed by atoms with Crippen molar-refractivity contribution in [3.8, 4) is 0 Å². The van der Waals surface area contributed by atoms with Gasteiger partial charge in [-0.2, -0.15) is 0 Å². The summed E-state index contributed by atoms with van der Waals surface area (Å²) in [6.45, 7) is 5.46. The Bertz CT molecular complexity index is 1070. The fourth-order valence-corrected chi connectivity index (χ4v) is 4.81. The average molecular weight is 430 g/mol. The Morgan fingerprint density at radius 2 is 1.93 bits per heavy atom. The molecule has 3 rings (SSSR count). The Labute approximate surface area is 177 Å². The first-order chi connectivity index (χ1) is 14.2. The number of hydrogen-bond acceptors (Lipinski definition) is 4. The average Bonchev–Trinajstić information content (AvgIpc) is 3.03. The molecule has 30 heavy (non-hydrogen) atoms. The molecule has 2 N–H and O–H groups in total. The second-order valence-corrected chi connectivity index (χ2v) is 9.25. The highest BCUT2D eigenvalue weighted by atomic mass is 32.2. The fourth-order valence-electron chi connectivity index (χ4n) is 3.73. The molecule has 0 fully saturated rings. The Kier molecular flexibility index (Phi) is 6.58. The smallest absolute Gasteiger partial charge is 0.240 e. The van der Waals surface area contributed by atoms with Crippen LogP contribution in [0.1, 0.15) is 38.3 Å². The normalized spacial score (nSPS) is 15.7. The summed E-state index contributed by atoms with van der Waals surface area (Å²) >= 11 is 0. The van der Waals surface area contributed by atoms with Crippen molar-refractivity contribution in [2.75, 3.05) is 16.8 Å². The first-order valence-electron chi connectivity index (χ1n) is 10.0. The highest BCUT2D eigenvalue weighted by Crippen LogP contribution is 2.33. The van der Waals surface area contributed by atoms with E-state index in [1.54, 1.807) is 23.1 Å². The van der Waals surface area contributed by atoms with Gasteiger partial charge in [0.1, 0.15) is 0 Å². The van der Waals surface area contributed by atoms with Gasteiger partial charge in [-0.05, 0) is 61.2 Å². The molecule has 0 spiro atoms. The molecule has 0 bridgehead atoms. The van der Waals surface area contributed by atoms with E-state index in [0.29, 0.717) is 12.1 Å². The molecule has 0 radical (unpaired) electrons. The maximum absolute atomic E-state index is 12.6. The van der Waals surface area contributed by atoms with Crippen molar-refractivity contribution < 1.29 is 18.0 Å². The largest absolute Gasteiger partial charge is 0.326 e. The van der Waals surface area contributed by atoms with E-state index in [-0.39, 0.29) is 35.7 Å². The predicted octanol–water partition coefficient (Wildman–Crippen LogP) is 2.85. The SMILES string of the molecule is CCc1cccc(NC(=O)CCNS(=O)(=O)c2ccc3c(c2)C[C@@H](C)N3C(C)=O)c1. The van der Waals surface area contributed by atoms with E-state index >= 15 is 0 Å². The van der Waals surface area contributed by atoms with Gasteiger partial charge in [0.25, 0.3) is 0 Å². The molecular weight excluding hydrogens is 402 g/mol.